The third-order valence-electron chi connectivity index (χ3n) is 6.08. The summed E-state index contributed by atoms with van der Waals surface area (Å²) in [6.45, 7) is 3.56. The first-order valence-electron chi connectivity index (χ1n) is 9.26. The summed E-state index contributed by atoms with van der Waals surface area (Å²) in [5.41, 5.74) is 7.20. The van der Waals surface area contributed by atoms with Crippen LogP contribution in [-0.2, 0) is 15.0 Å². The van der Waals surface area contributed by atoms with E-state index in [9.17, 15) is 4.39 Å². The Morgan fingerprint density at radius 3 is 2.82 bits per heavy atom. The van der Waals surface area contributed by atoms with Crippen molar-refractivity contribution in [2.45, 2.75) is 24.5 Å². The van der Waals surface area contributed by atoms with Crippen molar-refractivity contribution < 1.29 is 18.6 Å². The summed E-state index contributed by atoms with van der Waals surface area (Å²) in [6, 6.07) is 10.4. The van der Waals surface area contributed by atoms with E-state index < -0.39 is 11.1 Å². The van der Waals surface area contributed by atoms with Crippen LogP contribution in [0.1, 0.15) is 18.9 Å². The Hall–Kier alpha value is -2.31. The summed E-state index contributed by atoms with van der Waals surface area (Å²) in [4.78, 5) is 4.73. The summed E-state index contributed by atoms with van der Waals surface area (Å²) in [7, 11) is 0. The summed E-state index contributed by atoms with van der Waals surface area (Å²) in [5.74, 6) is 0.313. The van der Waals surface area contributed by atoms with Gasteiger partial charge in [0.25, 0.3) is 6.02 Å². The van der Waals surface area contributed by atoms with E-state index in [0.717, 1.165) is 23.3 Å². The summed E-state index contributed by atoms with van der Waals surface area (Å²) >= 11 is 6.05. The Labute approximate surface area is 167 Å². The minimum Gasteiger partial charge on any atom is -0.487 e. The van der Waals surface area contributed by atoms with Crippen LogP contribution in [0.2, 0.25) is 5.02 Å². The van der Waals surface area contributed by atoms with Crippen molar-refractivity contribution in [1.82, 2.24) is 0 Å². The second-order valence-electron chi connectivity index (χ2n) is 7.82. The minimum absolute atomic E-state index is 0.0475. The second-order valence-corrected chi connectivity index (χ2v) is 8.26. The average molecular weight is 403 g/mol. The van der Waals surface area contributed by atoms with Crippen molar-refractivity contribution in [3.05, 3.63) is 52.8 Å². The predicted octanol–water partition coefficient (Wildman–Crippen LogP) is 3.87. The Bertz CT molecular complexity index is 977. The number of fused-ring (bicyclic) bond motifs is 4. The van der Waals surface area contributed by atoms with Crippen LogP contribution in [0.4, 0.5) is 4.39 Å². The van der Waals surface area contributed by atoms with E-state index in [1.807, 2.05) is 18.2 Å². The van der Waals surface area contributed by atoms with Crippen LogP contribution in [0.15, 0.2) is 41.4 Å². The van der Waals surface area contributed by atoms with Gasteiger partial charge in [-0.25, -0.2) is 9.38 Å². The van der Waals surface area contributed by atoms with Crippen molar-refractivity contribution in [2.75, 3.05) is 19.8 Å². The maximum Gasteiger partial charge on any atom is 0.283 e. The molecule has 2 aromatic rings. The molecule has 3 aliphatic rings. The number of amidine groups is 1. The van der Waals surface area contributed by atoms with E-state index in [4.69, 9.17) is 36.5 Å². The van der Waals surface area contributed by atoms with Crippen LogP contribution in [0, 0.1) is 11.7 Å². The fourth-order valence-corrected chi connectivity index (χ4v) is 4.87. The smallest absolute Gasteiger partial charge is 0.283 e. The number of rotatable bonds is 1. The molecule has 7 heteroatoms. The maximum atomic E-state index is 13.9. The van der Waals surface area contributed by atoms with Gasteiger partial charge in [-0.1, -0.05) is 17.7 Å². The zero-order valence-corrected chi connectivity index (χ0v) is 16.1. The molecule has 3 aliphatic heterocycles. The number of nitrogens with zero attached hydrogens (tertiary/aromatic N) is 1. The van der Waals surface area contributed by atoms with Crippen LogP contribution in [0.5, 0.6) is 5.75 Å². The Morgan fingerprint density at radius 2 is 2.07 bits per heavy atom. The lowest BCUT2D eigenvalue weighted by Crippen LogP contribution is -2.59. The number of nitrogens with two attached hydrogens (primary N) is 1. The molecule has 0 saturated carbocycles. The molecule has 0 bridgehead atoms. The molecule has 0 unspecified atom stereocenters. The topological polar surface area (TPSA) is 66.1 Å². The van der Waals surface area contributed by atoms with E-state index in [-0.39, 0.29) is 17.8 Å². The van der Waals surface area contributed by atoms with Gasteiger partial charge in [-0.15, -0.1) is 0 Å². The zero-order chi connectivity index (χ0) is 19.5. The lowest BCUT2D eigenvalue weighted by Gasteiger charge is -2.52. The quantitative estimate of drug-likeness (QED) is 0.786. The lowest BCUT2D eigenvalue weighted by molar-refractivity contribution is -0.129. The van der Waals surface area contributed by atoms with Crippen molar-refractivity contribution >= 4 is 17.6 Å². The normalized spacial score (nSPS) is 30.8. The van der Waals surface area contributed by atoms with E-state index in [1.165, 1.54) is 12.1 Å². The monoisotopic (exact) mass is 402 g/mol. The van der Waals surface area contributed by atoms with E-state index in [0.29, 0.717) is 30.4 Å². The van der Waals surface area contributed by atoms with Gasteiger partial charge in [0, 0.05) is 17.0 Å². The third kappa shape index (κ3) is 2.58. The average Bonchev–Trinajstić information content (AvgIpc) is 3.03. The zero-order valence-electron chi connectivity index (χ0n) is 15.4. The van der Waals surface area contributed by atoms with Crippen LogP contribution >= 0.6 is 11.6 Å². The predicted molar refractivity (Wildman–Crippen MR) is 104 cm³/mol. The molecule has 3 atom stereocenters. The van der Waals surface area contributed by atoms with Crippen molar-refractivity contribution in [1.29, 1.82) is 0 Å². The van der Waals surface area contributed by atoms with Crippen LogP contribution < -0.4 is 10.5 Å². The first kappa shape index (κ1) is 17.8. The molecule has 0 radical (unpaired) electrons. The first-order chi connectivity index (χ1) is 13.4. The number of ether oxygens (including phenoxy) is 3. The van der Waals surface area contributed by atoms with Gasteiger partial charge in [0.1, 0.15) is 29.3 Å². The molecule has 5 nitrogen and oxygen atoms in total. The first-order valence-corrected chi connectivity index (χ1v) is 9.63. The fourth-order valence-electron chi connectivity index (χ4n) is 4.65. The standard InChI is InChI=1S/C21H20ClFN2O3/c1-20-4-5-26-10-18(20)21(11-27-19(24)25-21)16-8-12(2-3-17(16)28-20)13-6-14(22)9-15(23)7-13/h2-3,6-9,18H,4-5,10-11H2,1H3,(H2,24,25)/t18-,20-,21-/m1/s1. The summed E-state index contributed by atoms with van der Waals surface area (Å²) < 4.78 is 31.7. The summed E-state index contributed by atoms with van der Waals surface area (Å²) in [6.07, 6.45) is 0.759. The highest BCUT2D eigenvalue weighted by Crippen LogP contribution is 2.54. The Morgan fingerprint density at radius 1 is 1.21 bits per heavy atom. The Balaban J connectivity index is 1.70. The van der Waals surface area contributed by atoms with Crippen molar-refractivity contribution in [2.24, 2.45) is 16.6 Å². The molecule has 0 amide bonds. The maximum absolute atomic E-state index is 13.9. The van der Waals surface area contributed by atoms with Gasteiger partial charge in [-0.05, 0) is 48.4 Å². The van der Waals surface area contributed by atoms with Crippen LogP contribution in [-0.4, -0.2) is 31.4 Å². The SMILES string of the molecule is C[C@@]12CCOC[C@H]1[C@@]1(COC(N)=N1)c1cc(-c3cc(F)cc(Cl)c3)ccc1O2. The van der Waals surface area contributed by atoms with Crippen LogP contribution in [0.3, 0.4) is 0 Å². The molecule has 1 saturated heterocycles. The number of benzene rings is 2. The highest BCUT2D eigenvalue weighted by molar-refractivity contribution is 6.30. The van der Waals surface area contributed by atoms with E-state index in [2.05, 4.69) is 6.92 Å². The molecule has 28 heavy (non-hydrogen) atoms. The number of aliphatic imine (C=N–C) groups is 1. The lowest BCUT2D eigenvalue weighted by atomic mass is 9.66. The molecular formula is C21H20ClFN2O3. The van der Waals surface area contributed by atoms with Gasteiger partial charge in [0.15, 0.2) is 0 Å². The molecule has 0 aliphatic carbocycles. The molecule has 2 N–H and O–H groups in total. The number of hydrogen-bond donors (Lipinski definition) is 1. The molecule has 5 rings (SSSR count). The Kier molecular flexibility index (Phi) is 3.87. The van der Waals surface area contributed by atoms with Gasteiger partial charge in [-0.3, -0.25) is 0 Å². The second kappa shape index (κ2) is 6.09. The minimum atomic E-state index is -0.694. The number of halogens is 2. The van der Waals surface area contributed by atoms with Gasteiger partial charge >= 0.3 is 0 Å². The largest absolute Gasteiger partial charge is 0.487 e. The van der Waals surface area contributed by atoms with Gasteiger partial charge in [0.2, 0.25) is 0 Å². The van der Waals surface area contributed by atoms with Crippen molar-refractivity contribution in [3.63, 3.8) is 0 Å². The molecule has 2 aromatic carbocycles. The molecular weight excluding hydrogens is 383 g/mol. The van der Waals surface area contributed by atoms with Gasteiger partial charge in [0.05, 0.1) is 19.1 Å². The van der Waals surface area contributed by atoms with Gasteiger partial charge < -0.3 is 19.9 Å². The highest BCUT2D eigenvalue weighted by atomic mass is 35.5. The van der Waals surface area contributed by atoms with E-state index >= 15 is 0 Å². The molecule has 1 fully saturated rings. The molecule has 0 aromatic heterocycles. The molecule has 146 valence electrons. The fraction of sp³-hybridized carbons (Fsp3) is 0.381. The third-order valence-corrected chi connectivity index (χ3v) is 6.29. The molecule has 1 spiro atoms. The van der Waals surface area contributed by atoms with Gasteiger partial charge in [-0.2, -0.15) is 0 Å². The van der Waals surface area contributed by atoms with E-state index in [1.54, 1.807) is 6.07 Å². The van der Waals surface area contributed by atoms with Crippen LogP contribution in [0.25, 0.3) is 11.1 Å². The number of hydrogen-bond acceptors (Lipinski definition) is 5. The molecule has 3 heterocycles. The van der Waals surface area contributed by atoms with Crippen molar-refractivity contribution in [3.8, 4) is 16.9 Å². The highest BCUT2D eigenvalue weighted by Gasteiger charge is 2.59. The summed E-state index contributed by atoms with van der Waals surface area (Å²) in [5, 5.41) is 0.346.